The number of carboxylic acids is 1. The number of nitrogens with zero attached hydrogens (tertiary/aromatic N) is 3. The van der Waals surface area contributed by atoms with E-state index in [0.29, 0.717) is 17.9 Å². The largest absolute Gasteiger partial charge is 0.476 e. The number of nitrogens with one attached hydrogen (secondary N) is 2. The molecule has 0 unspecified atom stereocenters. The average molecular weight is 290 g/mol. The Morgan fingerprint density at radius 3 is 2.76 bits per heavy atom. The number of aromatic nitrogens is 3. The zero-order chi connectivity index (χ0) is 15.2. The number of carboxylic acid groups (broad SMARTS) is 1. The summed E-state index contributed by atoms with van der Waals surface area (Å²) in [4.78, 5) is 22.3. The number of carbonyl (C=O) groups excluding carboxylic acids is 1. The Labute approximate surface area is 119 Å². The molecule has 9 nitrogen and oxygen atoms in total. The van der Waals surface area contributed by atoms with Crippen LogP contribution in [0.3, 0.4) is 0 Å². The van der Waals surface area contributed by atoms with Crippen molar-refractivity contribution in [1.29, 1.82) is 0 Å². The van der Waals surface area contributed by atoms with Gasteiger partial charge in [-0.25, -0.2) is 14.3 Å². The number of para-hydroxylation sites is 2. The maximum absolute atomic E-state index is 11.7. The van der Waals surface area contributed by atoms with Gasteiger partial charge in [0.2, 0.25) is 0 Å². The monoisotopic (exact) mass is 290 g/mol. The van der Waals surface area contributed by atoms with Crippen LogP contribution >= 0.6 is 0 Å². The second kappa shape index (κ2) is 6.37. The lowest BCUT2D eigenvalue weighted by Crippen LogP contribution is -2.31. The molecule has 2 rings (SSSR count). The van der Waals surface area contributed by atoms with Gasteiger partial charge in [0.25, 0.3) is 0 Å². The van der Waals surface area contributed by atoms with Crippen LogP contribution in [0.1, 0.15) is 10.5 Å². The fourth-order valence-corrected chi connectivity index (χ4v) is 1.57. The van der Waals surface area contributed by atoms with E-state index in [4.69, 9.17) is 10.8 Å². The lowest BCUT2D eigenvalue weighted by molar-refractivity contribution is 0.0690. The molecule has 0 aliphatic rings. The highest BCUT2D eigenvalue weighted by Gasteiger charge is 2.08. The van der Waals surface area contributed by atoms with Crippen molar-refractivity contribution in [3.63, 3.8) is 0 Å². The van der Waals surface area contributed by atoms with Crippen LogP contribution in [-0.4, -0.2) is 38.6 Å². The van der Waals surface area contributed by atoms with E-state index in [1.807, 2.05) is 0 Å². The number of hydrogen-bond acceptors (Lipinski definition) is 5. The molecule has 5 N–H and O–H groups in total. The van der Waals surface area contributed by atoms with Crippen molar-refractivity contribution in [3.05, 3.63) is 36.2 Å². The second-order valence-electron chi connectivity index (χ2n) is 4.14. The first-order valence-corrected chi connectivity index (χ1v) is 6.09. The molecule has 0 radical (unpaired) electrons. The van der Waals surface area contributed by atoms with Gasteiger partial charge in [0.15, 0.2) is 5.69 Å². The Bertz CT molecular complexity index is 654. The number of amides is 2. The van der Waals surface area contributed by atoms with Crippen molar-refractivity contribution >= 4 is 23.4 Å². The molecule has 0 bridgehead atoms. The van der Waals surface area contributed by atoms with Crippen molar-refractivity contribution in [1.82, 2.24) is 20.3 Å². The molecule has 2 aromatic rings. The normalized spacial score (nSPS) is 10.1. The summed E-state index contributed by atoms with van der Waals surface area (Å²) in [5, 5.41) is 21.0. The summed E-state index contributed by atoms with van der Waals surface area (Å²) >= 11 is 0. The van der Waals surface area contributed by atoms with Crippen LogP contribution in [-0.2, 0) is 6.54 Å². The van der Waals surface area contributed by atoms with E-state index in [1.165, 1.54) is 10.9 Å². The number of benzene rings is 1. The maximum atomic E-state index is 11.7. The van der Waals surface area contributed by atoms with Gasteiger partial charge in [-0.2, -0.15) is 0 Å². The fourth-order valence-electron chi connectivity index (χ4n) is 1.57. The number of anilines is 2. The van der Waals surface area contributed by atoms with Gasteiger partial charge in [0, 0.05) is 6.54 Å². The smallest absolute Gasteiger partial charge is 0.358 e. The number of rotatable bonds is 5. The van der Waals surface area contributed by atoms with Crippen molar-refractivity contribution in [2.24, 2.45) is 0 Å². The standard InChI is InChI=1S/C12H14N6O3/c13-8-3-1-2-4-9(8)15-12(21)14-5-6-18-7-10(11(19)20)16-17-18/h1-4,7H,5-6,13H2,(H,19,20)(H2,14,15,21). The van der Waals surface area contributed by atoms with Crippen LogP contribution in [0.2, 0.25) is 0 Å². The highest BCUT2D eigenvalue weighted by molar-refractivity contribution is 5.92. The summed E-state index contributed by atoms with van der Waals surface area (Å²) in [6, 6.07) is 6.48. The summed E-state index contributed by atoms with van der Waals surface area (Å²) in [7, 11) is 0. The molecule has 2 amide bonds. The Balaban J connectivity index is 1.79. The molecule has 0 atom stereocenters. The van der Waals surface area contributed by atoms with Crippen molar-refractivity contribution in [2.75, 3.05) is 17.6 Å². The molecule has 0 fully saturated rings. The number of nitrogen functional groups attached to an aromatic ring is 1. The highest BCUT2D eigenvalue weighted by Crippen LogP contribution is 2.16. The summed E-state index contributed by atoms with van der Waals surface area (Å²) in [6.45, 7) is 0.568. The Morgan fingerprint density at radius 2 is 2.10 bits per heavy atom. The van der Waals surface area contributed by atoms with Crippen molar-refractivity contribution in [3.8, 4) is 0 Å². The van der Waals surface area contributed by atoms with E-state index in [1.54, 1.807) is 24.3 Å². The van der Waals surface area contributed by atoms with E-state index in [0.717, 1.165) is 0 Å². The molecule has 0 spiro atoms. The third kappa shape index (κ3) is 3.93. The first-order valence-electron chi connectivity index (χ1n) is 6.09. The van der Waals surface area contributed by atoms with Crippen molar-refractivity contribution < 1.29 is 14.7 Å². The Morgan fingerprint density at radius 1 is 1.33 bits per heavy atom. The molecule has 1 aromatic carbocycles. The first kappa shape index (κ1) is 14.3. The van der Waals surface area contributed by atoms with E-state index in [-0.39, 0.29) is 12.2 Å². The molecule has 1 heterocycles. The minimum Gasteiger partial charge on any atom is -0.476 e. The molecule has 1 aromatic heterocycles. The number of carbonyl (C=O) groups is 2. The van der Waals surface area contributed by atoms with Crippen molar-refractivity contribution in [2.45, 2.75) is 6.54 Å². The van der Waals surface area contributed by atoms with Gasteiger partial charge in [-0.3, -0.25) is 0 Å². The van der Waals surface area contributed by atoms with Crippen LogP contribution in [0, 0.1) is 0 Å². The van der Waals surface area contributed by atoms with Gasteiger partial charge in [0.1, 0.15) is 0 Å². The number of hydrogen-bond donors (Lipinski definition) is 4. The molecular weight excluding hydrogens is 276 g/mol. The topological polar surface area (TPSA) is 135 Å². The molecule has 0 aliphatic heterocycles. The van der Waals surface area contributed by atoms with Gasteiger partial charge in [-0.05, 0) is 12.1 Å². The lowest BCUT2D eigenvalue weighted by atomic mass is 10.3. The van der Waals surface area contributed by atoms with E-state index >= 15 is 0 Å². The molecule has 110 valence electrons. The van der Waals surface area contributed by atoms with Gasteiger partial charge >= 0.3 is 12.0 Å². The quantitative estimate of drug-likeness (QED) is 0.588. The third-order valence-corrected chi connectivity index (χ3v) is 2.59. The first-order chi connectivity index (χ1) is 10.1. The zero-order valence-corrected chi connectivity index (χ0v) is 11.0. The molecule has 21 heavy (non-hydrogen) atoms. The van der Waals surface area contributed by atoms with E-state index in [2.05, 4.69) is 20.9 Å². The van der Waals surface area contributed by atoms with Gasteiger partial charge < -0.3 is 21.5 Å². The second-order valence-corrected chi connectivity index (χ2v) is 4.14. The number of aromatic carboxylic acids is 1. The van der Waals surface area contributed by atoms with Crippen LogP contribution in [0.5, 0.6) is 0 Å². The maximum Gasteiger partial charge on any atom is 0.358 e. The predicted octanol–water partition coefficient (Wildman–Crippen LogP) is 0.380. The fraction of sp³-hybridized carbons (Fsp3) is 0.167. The molecule has 0 aliphatic carbocycles. The highest BCUT2D eigenvalue weighted by atomic mass is 16.4. The van der Waals surface area contributed by atoms with Crippen LogP contribution in [0.25, 0.3) is 0 Å². The van der Waals surface area contributed by atoms with Crippen LogP contribution in [0.15, 0.2) is 30.5 Å². The molecular formula is C12H14N6O3. The average Bonchev–Trinajstić information content (AvgIpc) is 2.90. The molecule has 0 saturated heterocycles. The summed E-state index contributed by atoms with van der Waals surface area (Å²) in [5.74, 6) is -1.15. The minimum atomic E-state index is -1.15. The molecule has 9 heteroatoms. The summed E-state index contributed by atoms with van der Waals surface area (Å²) in [6.07, 6.45) is 1.29. The van der Waals surface area contributed by atoms with Gasteiger partial charge in [0.05, 0.1) is 24.1 Å². The third-order valence-electron chi connectivity index (χ3n) is 2.59. The van der Waals surface area contributed by atoms with Crippen LogP contribution < -0.4 is 16.4 Å². The Hall–Kier alpha value is -3.10. The van der Waals surface area contributed by atoms with Crippen LogP contribution in [0.4, 0.5) is 16.2 Å². The lowest BCUT2D eigenvalue weighted by Gasteiger charge is -2.09. The minimum absolute atomic E-state index is 0.142. The zero-order valence-electron chi connectivity index (χ0n) is 11.0. The number of urea groups is 1. The van der Waals surface area contributed by atoms with Gasteiger partial charge in [-0.1, -0.05) is 17.3 Å². The molecule has 0 saturated carbocycles. The SMILES string of the molecule is Nc1ccccc1NC(=O)NCCn1cc(C(=O)O)nn1. The predicted molar refractivity (Wildman–Crippen MR) is 74.9 cm³/mol. The summed E-state index contributed by atoms with van der Waals surface area (Å²) in [5.41, 5.74) is 6.54. The number of nitrogens with two attached hydrogens (primary N) is 1. The van der Waals surface area contributed by atoms with E-state index in [9.17, 15) is 9.59 Å². The Kier molecular flexibility index (Phi) is 4.34. The van der Waals surface area contributed by atoms with Gasteiger partial charge in [-0.15, -0.1) is 5.10 Å². The summed E-state index contributed by atoms with van der Waals surface area (Å²) < 4.78 is 1.33. The van der Waals surface area contributed by atoms with E-state index < -0.39 is 12.0 Å².